The minimum Gasteiger partial charge on any atom is -0.508 e. The number of benzene rings is 1. The van der Waals surface area contributed by atoms with E-state index in [0.717, 1.165) is 11.8 Å². The summed E-state index contributed by atoms with van der Waals surface area (Å²) in [5, 5.41) is 8.76. The molecule has 1 nitrogen and oxygen atoms in total. The van der Waals surface area contributed by atoms with E-state index in [1.165, 1.54) is 31.2 Å². The van der Waals surface area contributed by atoms with Crippen molar-refractivity contribution in [3.63, 3.8) is 0 Å². The van der Waals surface area contributed by atoms with Gasteiger partial charge >= 0.3 is 0 Å². The van der Waals surface area contributed by atoms with Gasteiger partial charge in [-0.15, -0.1) is 6.58 Å². The highest BCUT2D eigenvalue weighted by molar-refractivity contribution is 5.24. The molecule has 0 spiro atoms. The van der Waals surface area contributed by atoms with Gasteiger partial charge in [-0.1, -0.05) is 43.5 Å². The molecule has 0 heterocycles. The largest absolute Gasteiger partial charge is 0.508 e. The molecule has 2 rings (SSSR count). The first kappa shape index (κ1) is 13.8. The predicted molar refractivity (Wildman–Crippen MR) is 74.2 cm³/mol. The molecule has 0 aromatic heterocycles. The third kappa shape index (κ3) is 5.58. The summed E-state index contributed by atoms with van der Waals surface area (Å²) in [6, 6.07) is 7.09. The third-order valence-electron chi connectivity index (χ3n) is 3.43. The highest BCUT2D eigenvalue weighted by Gasteiger charge is 2.14. The zero-order valence-electron chi connectivity index (χ0n) is 11.0. The molecule has 1 aromatic rings. The van der Waals surface area contributed by atoms with E-state index in [1.807, 2.05) is 19.1 Å². The molecule has 17 heavy (non-hydrogen) atoms. The van der Waals surface area contributed by atoms with Crippen LogP contribution in [0.2, 0.25) is 0 Å². The fraction of sp³-hybridized carbons (Fsp3) is 0.500. The minimum atomic E-state index is 0.329. The average Bonchev–Trinajstić information content (AvgIpc) is 2.35. The van der Waals surface area contributed by atoms with Crippen LogP contribution in [0.4, 0.5) is 0 Å². The molecule has 1 saturated carbocycles. The molecule has 94 valence electrons. The van der Waals surface area contributed by atoms with Crippen molar-refractivity contribution in [2.75, 3.05) is 0 Å². The molecule has 1 aliphatic carbocycles. The number of aromatic hydroxyl groups is 1. The first-order valence-corrected chi connectivity index (χ1v) is 6.50. The summed E-state index contributed by atoms with van der Waals surface area (Å²) in [7, 11) is 0. The van der Waals surface area contributed by atoms with Gasteiger partial charge in [0.2, 0.25) is 0 Å². The molecule has 0 bridgehead atoms. The lowest BCUT2D eigenvalue weighted by Crippen LogP contribution is -2.09. The molecule has 0 aliphatic heterocycles. The van der Waals surface area contributed by atoms with Gasteiger partial charge in [-0.05, 0) is 43.7 Å². The molecule has 1 aliphatic rings. The van der Waals surface area contributed by atoms with Gasteiger partial charge < -0.3 is 5.11 Å². The second-order valence-corrected chi connectivity index (χ2v) is 5.09. The zero-order chi connectivity index (χ0) is 12.7. The van der Waals surface area contributed by atoms with Gasteiger partial charge in [0.15, 0.2) is 0 Å². The molecule has 0 radical (unpaired) electrons. The quantitative estimate of drug-likeness (QED) is 0.696. The molecule has 0 atom stereocenters. The maximum Gasteiger partial charge on any atom is 0.115 e. The number of hydrogen-bond donors (Lipinski definition) is 1. The summed E-state index contributed by atoms with van der Waals surface area (Å²) in [5.74, 6) is 2.14. The highest BCUT2D eigenvalue weighted by Crippen LogP contribution is 2.28. The number of phenols is 1. The van der Waals surface area contributed by atoms with E-state index in [1.54, 1.807) is 12.1 Å². The minimum absolute atomic E-state index is 0.329. The Morgan fingerprint density at radius 3 is 2.06 bits per heavy atom. The summed E-state index contributed by atoms with van der Waals surface area (Å²) in [6.07, 6.45) is 7.70. The molecule has 1 heteroatoms. The predicted octanol–water partition coefficient (Wildman–Crippen LogP) is 4.70. The van der Waals surface area contributed by atoms with Crippen molar-refractivity contribution in [3.8, 4) is 5.75 Å². The smallest absolute Gasteiger partial charge is 0.115 e. The van der Waals surface area contributed by atoms with Crippen LogP contribution in [0.25, 0.3) is 0 Å². The van der Waals surface area contributed by atoms with E-state index in [9.17, 15) is 0 Å². The van der Waals surface area contributed by atoms with Gasteiger partial charge in [0.05, 0.1) is 0 Å². The number of allylic oxidation sites excluding steroid dienone is 1. The highest BCUT2D eigenvalue weighted by atomic mass is 16.3. The monoisotopic (exact) mass is 232 g/mol. The van der Waals surface area contributed by atoms with Gasteiger partial charge in [-0.25, -0.2) is 0 Å². The lowest BCUT2D eigenvalue weighted by molar-refractivity contribution is 0.331. The molecule has 0 amide bonds. The van der Waals surface area contributed by atoms with Crippen LogP contribution in [0.5, 0.6) is 5.75 Å². The normalized spacial score (nSPS) is 23.4. The molecular weight excluding hydrogens is 208 g/mol. The molecule has 0 unspecified atom stereocenters. The van der Waals surface area contributed by atoms with E-state index < -0.39 is 0 Å². The van der Waals surface area contributed by atoms with Gasteiger partial charge in [-0.3, -0.25) is 0 Å². The molecule has 1 fully saturated rings. The fourth-order valence-electron chi connectivity index (χ4n) is 2.07. The third-order valence-corrected chi connectivity index (χ3v) is 3.43. The van der Waals surface area contributed by atoms with Crippen LogP contribution in [-0.2, 0) is 0 Å². The average molecular weight is 232 g/mol. The first-order valence-electron chi connectivity index (χ1n) is 6.50. The van der Waals surface area contributed by atoms with Crippen LogP contribution < -0.4 is 0 Å². The topological polar surface area (TPSA) is 20.2 Å². The van der Waals surface area contributed by atoms with Crippen molar-refractivity contribution >= 4 is 0 Å². The summed E-state index contributed by atoms with van der Waals surface area (Å²) < 4.78 is 0. The number of rotatable bonds is 1. The Labute approximate surface area is 105 Å². The van der Waals surface area contributed by atoms with E-state index >= 15 is 0 Å². The van der Waals surface area contributed by atoms with Crippen LogP contribution in [0.15, 0.2) is 36.9 Å². The van der Waals surface area contributed by atoms with Crippen molar-refractivity contribution in [3.05, 3.63) is 42.5 Å². The second kappa shape index (κ2) is 7.16. The van der Waals surface area contributed by atoms with E-state index in [4.69, 9.17) is 5.11 Å². The van der Waals surface area contributed by atoms with Crippen LogP contribution in [-0.4, -0.2) is 5.11 Å². The van der Waals surface area contributed by atoms with Gasteiger partial charge in [0, 0.05) is 0 Å². The number of hydrogen-bond acceptors (Lipinski definition) is 1. The summed E-state index contributed by atoms with van der Waals surface area (Å²) >= 11 is 0. The summed E-state index contributed by atoms with van der Waals surface area (Å²) in [4.78, 5) is 0. The maximum atomic E-state index is 8.76. The summed E-state index contributed by atoms with van der Waals surface area (Å²) in [6.45, 7) is 8.14. The fourth-order valence-corrected chi connectivity index (χ4v) is 2.07. The van der Waals surface area contributed by atoms with Gasteiger partial charge in [0.1, 0.15) is 5.75 Å². The molecule has 1 N–H and O–H groups in total. The SMILES string of the molecule is C=CC1CCC(C)CC1.Cc1ccc(O)cc1. The molecular formula is C16H24O. The van der Waals surface area contributed by atoms with E-state index in [0.29, 0.717) is 5.75 Å². The van der Waals surface area contributed by atoms with Gasteiger partial charge in [0.25, 0.3) is 0 Å². The molecule has 0 saturated heterocycles. The lowest BCUT2D eigenvalue weighted by atomic mass is 9.83. The molecule has 1 aromatic carbocycles. The maximum absolute atomic E-state index is 8.76. The number of aryl methyl sites for hydroxylation is 1. The first-order chi connectivity index (χ1) is 8.11. The van der Waals surface area contributed by atoms with Crippen molar-refractivity contribution < 1.29 is 5.11 Å². The standard InChI is InChI=1S/C9H16.C7H8O/c1-3-9-6-4-8(2)5-7-9;1-6-2-4-7(8)5-3-6/h3,8-9H,1,4-7H2,2H3;2-5,8H,1H3. The van der Waals surface area contributed by atoms with E-state index in [2.05, 4.69) is 19.6 Å². The Morgan fingerprint density at radius 1 is 1.12 bits per heavy atom. The van der Waals surface area contributed by atoms with Crippen molar-refractivity contribution in [1.82, 2.24) is 0 Å². The Bertz CT molecular complexity index is 297. The second-order valence-electron chi connectivity index (χ2n) is 5.09. The van der Waals surface area contributed by atoms with Crippen molar-refractivity contribution in [1.29, 1.82) is 0 Å². The van der Waals surface area contributed by atoms with Gasteiger partial charge in [-0.2, -0.15) is 0 Å². The zero-order valence-corrected chi connectivity index (χ0v) is 11.0. The Balaban J connectivity index is 0.000000171. The van der Waals surface area contributed by atoms with Crippen LogP contribution >= 0.6 is 0 Å². The number of phenolic OH excluding ortho intramolecular Hbond substituents is 1. The summed E-state index contributed by atoms with van der Waals surface area (Å²) in [5.41, 5.74) is 1.17. The van der Waals surface area contributed by atoms with Crippen LogP contribution in [0.1, 0.15) is 38.2 Å². The lowest BCUT2D eigenvalue weighted by Gasteiger charge is -2.23. The van der Waals surface area contributed by atoms with Crippen molar-refractivity contribution in [2.45, 2.75) is 39.5 Å². The Morgan fingerprint density at radius 2 is 1.65 bits per heavy atom. The Kier molecular flexibility index (Phi) is 5.82. The van der Waals surface area contributed by atoms with Crippen molar-refractivity contribution in [2.24, 2.45) is 11.8 Å². The van der Waals surface area contributed by atoms with Crippen LogP contribution in [0, 0.1) is 18.8 Å². The van der Waals surface area contributed by atoms with E-state index in [-0.39, 0.29) is 0 Å². The van der Waals surface area contributed by atoms with Crippen LogP contribution in [0.3, 0.4) is 0 Å². The Hall–Kier alpha value is -1.24.